The van der Waals surface area contributed by atoms with Crippen LogP contribution < -0.4 is 5.32 Å². The number of nitrogens with zero attached hydrogens (tertiary/aromatic N) is 1. The van der Waals surface area contributed by atoms with Gasteiger partial charge in [0.25, 0.3) is 0 Å². The number of carboxylic acids is 1. The minimum Gasteiger partial charge on any atom is -0.479 e. The Morgan fingerprint density at radius 3 is 2.33 bits per heavy atom. The molecule has 2 N–H and O–H groups in total. The number of benzene rings is 1. The second kappa shape index (κ2) is 8.34. The molecule has 148 valence electrons. The predicted octanol–water partition coefficient (Wildman–Crippen LogP) is -0.0441. The summed E-state index contributed by atoms with van der Waals surface area (Å²) in [6.45, 7) is 1.64. The summed E-state index contributed by atoms with van der Waals surface area (Å²) in [5, 5.41) is 11.6. The van der Waals surface area contributed by atoms with Gasteiger partial charge < -0.3 is 19.9 Å². The average molecular weight is 398 g/mol. The molecular formula is C17H22N2O7S. The van der Waals surface area contributed by atoms with E-state index in [9.17, 15) is 18.0 Å². The summed E-state index contributed by atoms with van der Waals surface area (Å²) in [7, 11) is -3.55. The number of aliphatic carboxylic acids is 1. The van der Waals surface area contributed by atoms with E-state index in [4.69, 9.17) is 14.6 Å². The summed E-state index contributed by atoms with van der Waals surface area (Å²) in [5.74, 6) is -1.44. The molecule has 1 amide bonds. The molecule has 1 aromatic rings. The molecule has 27 heavy (non-hydrogen) atoms. The second-order valence-corrected chi connectivity index (χ2v) is 8.35. The van der Waals surface area contributed by atoms with E-state index in [1.54, 1.807) is 12.1 Å². The van der Waals surface area contributed by atoms with Gasteiger partial charge in [0.05, 0.1) is 18.1 Å². The van der Waals surface area contributed by atoms with Crippen LogP contribution in [0.25, 0.3) is 0 Å². The van der Waals surface area contributed by atoms with Crippen molar-refractivity contribution in [3.05, 3.63) is 29.8 Å². The zero-order valence-corrected chi connectivity index (χ0v) is 15.5. The highest BCUT2D eigenvalue weighted by atomic mass is 32.2. The lowest BCUT2D eigenvalue weighted by Gasteiger charge is -2.26. The number of carbonyl (C=O) groups is 2. The maximum absolute atomic E-state index is 12.6. The van der Waals surface area contributed by atoms with Crippen molar-refractivity contribution >= 4 is 21.9 Å². The number of carbonyl (C=O) groups excluding carboxylic acids is 1. The maximum Gasteiger partial charge on any atom is 0.332 e. The molecule has 2 saturated heterocycles. The van der Waals surface area contributed by atoms with Crippen LogP contribution in [-0.4, -0.2) is 68.2 Å². The van der Waals surface area contributed by atoms with E-state index in [1.807, 2.05) is 0 Å². The minimum absolute atomic E-state index is 0.197. The van der Waals surface area contributed by atoms with Gasteiger partial charge in [0.15, 0.2) is 6.10 Å². The van der Waals surface area contributed by atoms with Crippen LogP contribution in [0.4, 0.5) is 0 Å². The van der Waals surface area contributed by atoms with E-state index in [2.05, 4.69) is 5.32 Å². The van der Waals surface area contributed by atoms with Crippen molar-refractivity contribution in [2.24, 2.45) is 0 Å². The molecule has 9 nitrogen and oxygen atoms in total. The van der Waals surface area contributed by atoms with E-state index in [1.165, 1.54) is 16.4 Å². The first-order valence-electron chi connectivity index (χ1n) is 8.71. The van der Waals surface area contributed by atoms with E-state index < -0.39 is 28.2 Å². The molecule has 2 atom stereocenters. The van der Waals surface area contributed by atoms with Crippen molar-refractivity contribution in [2.45, 2.75) is 36.5 Å². The molecule has 2 heterocycles. The Morgan fingerprint density at radius 1 is 1.11 bits per heavy atom. The Balaban J connectivity index is 1.55. The maximum atomic E-state index is 12.6. The first-order valence-corrected chi connectivity index (χ1v) is 10.1. The number of nitrogens with one attached hydrogen (secondary N) is 1. The molecule has 0 spiro atoms. The fourth-order valence-corrected chi connectivity index (χ4v) is 4.44. The molecule has 0 saturated carbocycles. The fraction of sp³-hybridized carbons (Fsp3) is 0.529. The third-order valence-electron chi connectivity index (χ3n) is 4.59. The van der Waals surface area contributed by atoms with Crippen LogP contribution in [0.15, 0.2) is 29.2 Å². The Kier molecular flexibility index (Phi) is 6.10. The lowest BCUT2D eigenvalue weighted by molar-refractivity contribution is -0.151. The Hall–Kier alpha value is -2.01. The highest BCUT2D eigenvalue weighted by molar-refractivity contribution is 7.89. The number of ether oxygens (including phenoxy) is 2. The van der Waals surface area contributed by atoms with E-state index in [0.717, 1.165) is 5.56 Å². The van der Waals surface area contributed by atoms with Crippen molar-refractivity contribution in [2.75, 3.05) is 26.3 Å². The smallest absolute Gasteiger partial charge is 0.332 e. The number of carboxylic acid groups (broad SMARTS) is 1. The van der Waals surface area contributed by atoms with Gasteiger partial charge in [-0.3, -0.25) is 4.79 Å². The fourth-order valence-electron chi connectivity index (χ4n) is 3.03. The molecule has 0 aliphatic carbocycles. The molecule has 10 heteroatoms. The third kappa shape index (κ3) is 4.64. The highest BCUT2D eigenvalue weighted by Gasteiger charge is 2.34. The molecule has 0 radical (unpaired) electrons. The van der Waals surface area contributed by atoms with Crippen LogP contribution in [0.3, 0.4) is 0 Å². The van der Waals surface area contributed by atoms with E-state index in [-0.39, 0.29) is 17.3 Å². The lowest BCUT2D eigenvalue weighted by atomic mass is 10.2. The van der Waals surface area contributed by atoms with Crippen molar-refractivity contribution < 1.29 is 32.6 Å². The van der Waals surface area contributed by atoms with Gasteiger partial charge in [-0.05, 0) is 30.5 Å². The van der Waals surface area contributed by atoms with Gasteiger partial charge in [-0.15, -0.1) is 0 Å². The molecule has 1 aromatic carbocycles. The predicted molar refractivity (Wildman–Crippen MR) is 93.4 cm³/mol. The number of amides is 1. The molecule has 2 fully saturated rings. The first kappa shape index (κ1) is 19.7. The normalized spacial score (nSPS) is 23.9. The molecule has 0 bridgehead atoms. The molecule has 2 aliphatic heterocycles. The van der Waals surface area contributed by atoms with Gasteiger partial charge in [0.2, 0.25) is 15.9 Å². The lowest BCUT2D eigenvalue weighted by Crippen LogP contribution is -2.40. The largest absolute Gasteiger partial charge is 0.479 e. The number of hydrogen-bond acceptors (Lipinski definition) is 6. The summed E-state index contributed by atoms with van der Waals surface area (Å²) < 4.78 is 36.9. The number of morpholine rings is 1. The SMILES string of the molecule is O=C(NCc1ccc(S(=O)(=O)N2CCOCC2)cc1)[C@@H]1CC[C@H](C(=O)O)O1. The second-order valence-electron chi connectivity index (χ2n) is 6.41. The van der Waals surface area contributed by atoms with Crippen LogP contribution in [0.2, 0.25) is 0 Å². The molecule has 0 unspecified atom stereocenters. The molecule has 0 aromatic heterocycles. The van der Waals surface area contributed by atoms with Crippen LogP contribution >= 0.6 is 0 Å². The summed E-state index contributed by atoms with van der Waals surface area (Å²) in [6.07, 6.45) is -1.04. The summed E-state index contributed by atoms with van der Waals surface area (Å²) >= 11 is 0. The van der Waals surface area contributed by atoms with Crippen LogP contribution in [-0.2, 0) is 35.6 Å². The molecule has 3 rings (SSSR count). The zero-order chi connectivity index (χ0) is 19.4. The van der Waals surface area contributed by atoms with Crippen molar-refractivity contribution in [1.82, 2.24) is 9.62 Å². The quantitative estimate of drug-likeness (QED) is 0.689. The van der Waals surface area contributed by atoms with Crippen molar-refractivity contribution in [1.29, 1.82) is 0 Å². The summed E-state index contributed by atoms with van der Waals surface area (Å²) in [5.41, 5.74) is 0.733. The summed E-state index contributed by atoms with van der Waals surface area (Å²) in [6, 6.07) is 6.31. The van der Waals surface area contributed by atoms with Crippen LogP contribution in [0.5, 0.6) is 0 Å². The number of hydrogen-bond donors (Lipinski definition) is 2. The van der Waals surface area contributed by atoms with E-state index >= 15 is 0 Å². The van der Waals surface area contributed by atoms with Gasteiger partial charge in [-0.25, -0.2) is 13.2 Å². The minimum atomic E-state index is -3.55. The standard InChI is InChI=1S/C17H22N2O7S/c20-16(14-5-6-15(26-14)17(21)22)18-11-12-1-3-13(4-2-12)27(23,24)19-7-9-25-10-8-19/h1-4,14-15H,5-11H2,(H,18,20)(H,21,22)/t14-,15+/m0/s1. The van der Waals surface area contributed by atoms with Gasteiger partial charge >= 0.3 is 5.97 Å². The van der Waals surface area contributed by atoms with E-state index in [0.29, 0.717) is 39.1 Å². The molecule has 2 aliphatic rings. The topological polar surface area (TPSA) is 122 Å². The number of sulfonamides is 1. The Morgan fingerprint density at radius 2 is 1.74 bits per heavy atom. The first-order chi connectivity index (χ1) is 12.9. The highest BCUT2D eigenvalue weighted by Crippen LogP contribution is 2.20. The van der Waals surface area contributed by atoms with Crippen LogP contribution in [0.1, 0.15) is 18.4 Å². The Labute approximate surface area is 157 Å². The summed E-state index contributed by atoms with van der Waals surface area (Å²) in [4.78, 5) is 23.1. The van der Waals surface area contributed by atoms with Crippen molar-refractivity contribution in [3.63, 3.8) is 0 Å². The van der Waals surface area contributed by atoms with Gasteiger partial charge in [-0.1, -0.05) is 12.1 Å². The number of rotatable bonds is 6. The van der Waals surface area contributed by atoms with Crippen molar-refractivity contribution in [3.8, 4) is 0 Å². The van der Waals surface area contributed by atoms with Crippen LogP contribution in [0, 0.1) is 0 Å². The van der Waals surface area contributed by atoms with Gasteiger partial charge in [-0.2, -0.15) is 4.31 Å². The average Bonchev–Trinajstić information content (AvgIpc) is 3.18. The van der Waals surface area contributed by atoms with Gasteiger partial charge in [0.1, 0.15) is 6.10 Å². The third-order valence-corrected chi connectivity index (χ3v) is 6.50. The Bertz CT molecular complexity index is 788. The van der Waals surface area contributed by atoms with Gasteiger partial charge in [0, 0.05) is 19.6 Å². The molecular weight excluding hydrogens is 376 g/mol. The zero-order valence-electron chi connectivity index (χ0n) is 14.7. The monoisotopic (exact) mass is 398 g/mol.